The molecule has 23 heavy (non-hydrogen) atoms. The van der Waals surface area contributed by atoms with Crippen LogP contribution in [0.2, 0.25) is 0 Å². The van der Waals surface area contributed by atoms with Gasteiger partial charge in [0.15, 0.2) is 0 Å². The molecular weight excluding hydrogens is 332 g/mol. The Hall–Kier alpha value is -2.44. The van der Waals surface area contributed by atoms with Crippen molar-refractivity contribution in [1.29, 1.82) is 5.26 Å². The molecule has 0 atom stereocenters. The lowest BCUT2D eigenvalue weighted by Gasteiger charge is -2.17. The van der Waals surface area contributed by atoms with Crippen LogP contribution >= 0.6 is 0 Å². The minimum Gasteiger partial charge on any atom is -0.466 e. The van der Waals surface area contributed by atoms with E-state index in [0.717, 1.165) is 0 Å². The molecule has 0 amide bonds. The first-order valence-electron chi connectivity index (χ1n) is 6.03. The molecule has 4 nitrogen and oxygen atoms in total. The van der Waals surface area contributed by atoms with Crippen molar-refractivity contribution < 1.29 is 40.6 Å². The van der Waals surface area contributed by atoms with Crippen LogP contribution in [-0.4, -0.2) is 18.9 Å². The van der Waals surface area contributed by atoms with Gasteiger partial charge in [-0.05, 0) is 19.1 Å². The minimum atomic E-state index is -5.26. The van der Waals surface area contributed by atoms with Crippen LogP contribution in [0.15, 0.2) is 12.1 Å². The molecule has 0 saturated heterocycles. The largest absolute Gasteiger partial charge is 0.573 e. The summed E-state index contributed by atoms with van der Waals surface area (Å²) in [5.41, 5.74) is -3.05. The molecular formula is C13H9F6NO3. The normalized spacial score (nSPS) is 11.7. The van der Waals surface area contributed by atoms with Gasteiger partial charge in [-0.25, -0.2) is 0 Å². The number of carbonyl (C=O) groups is 1. The first-order chi connectivity index (χ1) is 10.5. The first-order valence-corrected chi connectivity index (χ1v) is 6.03. The van der Waals surface area contributed by atoms with Crippen molar-refractivity contribution in [2.24, 2.45) is 0 Å². The van der Waals surface area contributed by atoms with Crippen LogP contribution < -0.4 is 4.74 Å². The van der Waals surface area contributed by atoms with E-state index in [1.165, 1.54) is 13.0 Å². The zero-order chi connectivity index (χ0) is 17.8. The van der Waals surface area contributed by atoms with Crippen molar-refractivity contribution in [3.8, 4) is 11.8 Å². The smallest absolute Gasteiger partial charge is 0.466 e. The van der Waals surface area contributed by atoms with Gasteiger partial charge in [0, 0.05) is 5.56 Å². The second-order valence-electron chi connectivity index (χ2n) is 4.14. The fourth-order valence-electron chi connectivity index (χ4n) is 1.68. The van der Waals surface area contributed by atoms with E-state index in [4.69, 9.17) is 5.26 Å². The molecule has 126 valence electrons. The number of esters is 1. The van der Waals surface area contributed by atoms with Gasteiger partial charge in [0.2, 0.25) is 0 Å². The standard InChI is InChI=1S/C13H9F6NO3/c1-2-22-11(21)4-7-3-8(6-20)9(12(14,15)16)5-10(7)23-13(17,18)19/h3,5H,2,4H2,1H3. The van der Waals surface area contributed by atoms with Crippen molar-refractivity contribution in [3.63, 3.8) is 0 Å². The molecule has 1 rings (SSSR count). The quantitative estimate of drug-likeness (QED) is 0.620. The number of ether oxygens (including phenoxy) is 2. The highest BCUT2D eigenvalue weighted by atomic mass is 19.4. The van der Waals surface area contributed by atoms with Gasteiger partial charge in [-0.3, -0.25) is 4.79 Å². The van der Waals surface area contributed by atoms with Gasteiger partial charge >= 0.3 is 18.5 Å². The Labute approximate surface area is 126 Å². The van der Waals surface area contributed by atoms with Gasteiger partial charge < -0.3 is 9.47 Å². The van der Waals surface area contributed by atoms with Crippen molar-refractivity contribution in [2.45, 2.75) is 25.9 Å². The third kappa shape index (κ3) is 5.36. The Kier molecular flexibility index (Phi) is 5.47. The zero-order valence-corrected chi connectivity index (χ0v) is 11.5. The first kappa shape index (κ1) is 18.6. The number of halogens is 6. The highest BCUT2D eigenvalue weighted by Crippen LogP contribution is 2.37. The molecule has 0 bridgehead atoms. The monoisotopic (exact) mass is 341 g/mol. The van der Waals surface area contributed by atoms with Crippen molar-refractivity contribution in [3.05, 3.63) is 28.8 Å². The second-order valence-corrected chi connectivity index (χ2v) is 4.14. The summed E-state index contributed by atoms with van der Waals surface area (Å²) in [6.45, 7) is 1.37. The van der Waals surface area contributed by atoms with E-state index >= 15 is 0 Å². The lowest BCUT2D eigenvalue weighted by atomic mass is 10.0. The number of rotatable bonds is 4. The van der Waals surface area contributed by atoms with E-state index in [1.807, 2.05) is 0 Å². The summed E-state index contributed by atoms with van der Waals surface area (Å²) in [4.78, 5) is 11.3. The Balaban J connectivity index is 3.41. The summed E-state index contributed by atoms with van der Waals surface area (Å²) in [5, 5.41) is 8.74. The lowest BCUT2D eigenvalue weighted by Crippen LogP contribution is -2.20. The molecule has 1 aromatic carbocycles. The van der Waals surface area contributed by atoms with Gasteiger partial charge in [0.1, 0.15) is 5.75 Å². The molecule has 0 spiro atoms. The van der Waals surface area contributed by atoms with Gasteiger partial charge in [-0.1, -0.05) is 0 Å². The van der Waals surface area contributed by atoms with Crippen LogP contribution in [0.5, 0.6) is 5.75 Å². The average Bonchev–Trinajstić information content (AvgIpc) is 2.37. The molecule has 0 saturated carbocycles. The number of carbonyl (C=O) groups excluding carboxylic acids is 1. The summed E-state index contributed by atoms with van der Waals surface area (Å²) in [7, 11) is 0. The second kappa shape index (κ2) is 6.76. The third-order valence-corrected chi connectivity index (χ3v) is 2.49. The summed E-state index contributed by atoms with van der Waals surface area (Å²) >= 11 is 0. The average molecular weight is 341 g/mol. The lowest BCUT2D eigenvalue weighted by molar-refractivity contribution is -0.275. The maximum absolute atomic E-state index is 12.8. The molecule has 0 heterocycles. The highest BCUT2D eigenvalue weighted by molar-refractivity contribution is 5.74. The Morgan fingerprint density at radius 2 is 1.83 bits per heavy atom. The minimum absolute atomic E-state index is 0.0423. The van der Waals surface area contributed by atoms with Crippen LogP contribution in [0.3, 0.4) is 0 Å². The van der Waals surface area contributed by atoms with E-state index in [2.05, 4.69) is 9.47 Å². The van der Waals surface area contributed by atoms with E-state index in [0.29, 0.717) is 6.07 Å². The number of nitrogens with zero attached hydrogens (tertiary/aromatic N) is 1. The van der Waals surface area contributed by atoms with Gasteiger partial charge in [0.25, 0.3) is 0 Å². The van der Waals surface area contributed by atoms with Gasteiger partial charge in [0.05, 0.1) is 30.2 Å². The number of hydrogen-bond donors (Lipinski definition) is 0. The summed E-state index contributed by atoms with van der Waals surface area (Å²) < 4.78 is 83.4. The van der Waals surface area contributed by atoms with Crippen LogP contribution in [0.4, 0.5) is 26.3 Å². The summed E-state index contributed by atoms with van der Waals surface area (Å²) in [5.74, 6) is -2.18. The molecule has 10 heteroatoms. The predicted molar refractivity (Wildman–Crippen MR) is 63.2 cm³/mol. The van der Waals surface area contributed by atoms with Crippen molar-refractivity contribution >= 4 is 5.97 Å². The fraction of sp³-hybridized carbons (Fsp3) is 0.385. The number of hydrogen-bond acceptors (Lipinski definition) is 4. The molecule has 0 aliphatic heterocycles. The fourth-order valence-corrected chi connectivity index (χ4v) is 1.68. The van der Waals surface area contributed by atoms with Gasteiger partial charge in [-0.15, -0.1) is 13.2 Å². The third-order valence-electron chi connectivity index (χ3n) is 2.49. The Bertz CT molecular complexity index is 630. The topological polar surface area (TPSA) is 59.3 Å². The molecule has 0 N–H and O–H groups in total. The molecule has 1 aromatic rings. The predicted octanol–water partition coefficient (Wildman–Crippen LogP) is 3.58. The molecule has 0 unspecified atom stereocenters. The van der Waals surface area contributed by atoms with E-state index in [1.54, 1.807) is 0 Å². The summed E-state index contributed by atoms with van der Waals surface area (Å²) in [6, 6.07) is 1.80. The molecule has 0 radical (unpaired) electrons. The zero-order valence-electron chi connectivity index (χ0n) is 11.5. The van der Waals surface area contributed by atoms with E-state index < -0.39 is 47.4 Å². The summed E-state index contributed by atoms with van der Waals surface area (Å²) in [6.07, 6.45) is -11.1. The Morgan fingerprint density at radius 3 is 2.26 bits per heavy atom. The SMILES string of the molecule is CCOC(=O)Cc1cc(C#N)c(C(F)(F)F)cc1OC(F)(F)F. The number of alkyl halides is 6. The maximum Gasteiger partial charge on any atom is 0.573 e. The number of benzene rings is 1. The molecule has 0 fully saturated rings. The Morgan fingerprint density at radius 1 is 1.22 bits per heavy atom. The highest BCUT2D eigenvalue weighted by Gasteiger charge is 2.38. The molecule has 0 aliphatic rings. The van der Waals surface area contributed by atoms with E-state index in [9.17, 15) is 31.1 Å². The maximum atomic E-state index is 12.8. The van der Waals surface area contributed by atoms with E-state index in [-0.39, 0.29) is 12.7 Å². The van der Waals surface area contributed by atoms with Crippen LogP contribution in [0.1, 0.15) is 23.6 Å². The van der Waals surface area contributed by atoms with Crippen LogP contribution in [-0.2, 0) is 22.1 Å². The van der Waals surface area contributed by atoms with Crippen molar-refractivity contribution in [2.75, 3.05) is 6.61 Å². The van der Waals surface area contributed by atoms with Crippen molar-refractivity contribution in [1.82, 2.24) is 0 Å². The van der Waals surface area contributed by atoms with Crippen LogP contribution in [0.25, 0.3) is 0 Å². The number of nitriles is 1. The van der Waals surface area contributed by atoms with Gasteiger partial charge in [-0.2, -0.15) is 18.4 Å². The molecule has 0 aromatic heterocycles. The van der Waals surface area contributed by atoms with Crippen LogP contribution in [0, 0.1) is 11.3 Å². The molecule has 0 aliphatic carbocycles.